The number of carbonyl (C=O) groups excluding carboxylic acids is 2. The Morgan fingerprint density at radius 3 is 2.75 bits per heavy atom. The minimum absolute atomic E-state index is 0.0807. The third-order valence-electron chi connectivity index (χ3n) is 3.50. The Kier molecular flexibility index (Phi) is 3.65. The Hall–Kier alpha value is -2.11. The van der Waals surface area contributed by atoms with Gasteiger partial charge in [0.05, 0.1) is 7.11 Å². The molecule has 6 heteroatoms. The van der Waals surface area contributed by atoms with Crippen molar-refractivity contribution in [3.8, 4) is 5.75 Å². The molecular formula is C14H17FN2O3. The van der Waals surface area contributed by atoms with E-state index in [4.69, 9.17) is 4.74 Å². The van der Waals surface area contributed by atoms with Crippen LogP contribution >= 0.6 is 0 Å². The van der Waals surface area contributed by atoms with Crippen molar-refractivity contribution in [1.82, 2.24) is 10.2 Å². The van der Waals surface area contributed by atoms with Gasteiger partial charge in [0, 0.05) is 18.7 Å². The molecule has 0 aromatic heterocycles. The molecule has 1 N–H and O–H groups in total. The lowest BCUT2D eigenvalue weighted by atomic mass is 9.97. The molecule has 1 aromatic carbocycles. The van der Waals surface area contributed by atoms with Crippen molar-refractivity contribution >= 4 is 11.8 Å². The van der Waals surface area contributed by atoms with Gasteiger partial charge in [0.1, 0.15) is 5.54 Å². The number of amides is 2. The molecule has 1 fully saturated rings. The zero-order valence-electron chi connectivity index (χ0n) is 11.7. The predicted molar refractivity (Wildman–Crippen MR) is 71.1 cm³/mol. The van der Waals surface area contributed by atoms with Gasteiger partial charge >= 0.3 is 0 Å². The molecule has 2 amide bonds. The van der Waals surface area contributed by atoms with E-state index < -0.39 is 11.4 Å². The summed E-state index contributed by atoms with van der Waals surface area (Å²) in [5, 5.41) is 2.71. The summed E-state index contributed by atoms with van der Waals surface area (Å²) in [5.41, 5.74) is -0.753. The van der Waals surface area contributed by atoms with Crippen LogP contribution in [0.5, 0.6) is 5.75 Å². The molecule has 2 rings (SSSR count). The van der Waals surface area contributed by atoms with Crippen molar-refractivity contribution in [1.29, 1.82) is 0 Å². The maximum atomic E-state index is 13.7. The maximum Gasteiger partial charge on any atom is 0.254 e. The lowest BCUT2D eigenvalue weighted by molar-refractivity contribution is -0.133. The molecule has 0 aliphatic carbocycles. The van der Waals surface area contributed by atoms with Crippen LogP contribution < -0.4 is 10.1 Å². The maximum absolute atomic E-state index is 13.7. The highest BCUT2D eigenvalue weighted by atomic mass is 19.1. The van der Waals surface area contributed by atoms with E-state index in [0.29, 0.717) is 13.1 Å². The van der Waals surface area contributed by atoms with Gasteiger partial charge in [-0.25, -0.2) is 4.39 Å². The first-order valence-electron chi connectivity index (χ1n) is 6.31. The lowest BCUT2D eigenvalue weighted by Gasteiger charge is -2.41. The molecule has 1 heterocycles. The van der Waals surface area contributed by atoms with E-state index in [9.17, 15) is 14.0 Å². The smallest absolute Gasteiger partial charge is 0.254 e. The number of hydrogen-bond acceptors (Lipinski definition) is 3. The minimum atomic E-state index is -0.953. The second kappa shape index (κ2) is 5.11. The molecule has 1 saturated heterocycles. The standard InChI is InChI=1S/C14H17FN2O3/c1-14(2)13(19)16-6-7-17(14)12(18)9-4-5-11(20-3)10(15)8-9/h4-5,8H,6-7H2,1-3H3,(H,16,19). The second-order valence-corrected chi connectivity index (χ2v) is 5.12. The number of carbonyl (C=O) groups is 2. The van der Waals surface area contributed by atoms with E-state index >= 15 is 0 Å². The van der Waals surface area contributed by atoms with Crippen LogP contribution in [0.25, 0.3) is 0 Å². The van der Waals surface area contributed by atoms with Gasteiger partial charge in [-0.05, 0) is 32.0 Å². The molecule has 108 valence electrons. The van der Waals surface area contributed by atoms with E-state index in [0.717, 1.165) is 6.07 Å². The topological polar surface area (TPSA) is 58.6 Å². The number of nitrogens with zero attached hydrogens (tertiary/aromatic N) is 1. The molecule has 1 aromatic rings. The summed E-state index contributed by atoms with van der Waals surface area (Å²) in [4.78, 5) is 25.7. The summed E-state index contributed by atoms with van der Waals surface area (Å²) in [5.74, 6) is -1.10. The summed E-state index contributed by atoms with van der Waals surface area (Å²) in [6.07, 6.45) is 0. The van der Waals surface area contributed by atoms with E-state index in [-0.39, 0.29) is 23.1 Å². The molecule has 0 unspecified atom stereocenters. The zero-order chi connectivity index (χ0) is 14.9. The number of methoxy groups -OCH3 is 1. The molecule has 1 aliphatic rings. The van der Waals surface area contributed by atoms with E-state index in [2.05, 4.69) is 5.32 Å². The molecule has 0 spiro atoms. The fourth-order valence-electron chi connectivity index (χ4n) is 2.21. The average molecular weight is 280 g/mol. The van der Waals surface area contributed by atoms with Crippen LogP contribution in [0.1, 0.15) is 24.2 Å². The summed E-state index contributed by atoms with van der Waals surface area (Å²) in [6, 6.07) is 4.02. The van der Waals surface area contributed by atoms with Crippen molar-refractivity contribution in [2.75, 3.05) is 20.2 Å². The van der Waals surface area contributed by atoms with Crippen molar-refractivity contribution < 1.29 is 18.7 Å². The summed E-state index contributed by atoms with van der Waals surface area (Å²) >= 11 is 0. The van der Waals surface area contributed by atoms with Crippen LogP contribution in [-0.4, -0.2) is 42.5 Å². The molecular weight excluding hydrogens is 263 g/mol. The number of hydrogen-bond donors (Lipinski definition) is 1. The molecule has 0 saturated carbocycles. The average Bonchev–Trinajstić information content (AvgIpc) is 2.41. The third kappa shape index (κ3) is 2.33. The Balaban J connectivity index is 2.31. The third-order valence-corrected chi connectivity index (χ3v) is 3.50. The Morgan fingerprint density at radius 1 is 1.45 bits per heavy atom. The number of benzene rings is 1. The van der Waals surface area contributed by atoms with Gasteiger partial charge in [-0.2, -0.15) is 0 Å². The molecule has 0 radical (unpaired) electrons. The molecule has 0 atom stereocenters. The Labute approximate surface area is 116 Å². The lowest BCUT2D eigenvalue weighted by Crippen LogP contribution is -2.63. The quantitative estimate of drug-likeness (QED) is 0.885. The van der Waals surface area contributed by atoms with Crippen LogP contribution in [0.2, 0.25) is 0 Å². The summed E-state index contributed by atoms with van der Waals surface area (Å²) in [7, 11) is 1.36. The van der Waals surface area contributed by atoms with Crippen molar-refractivity contribution in [3.05, 3.63) is 29.6 Å². The number of rotatable bonds is 2. The van der Waals surface area contributed by atoms with Crippen molar-refractivity contribution in [3.63, 3.8) is 0 Å². The normalized spacial score (nSPS) is 17.6. The largest absolute Gasteiger partial charge is 0.494 e. The van der Waals surface area contributed by atoms with Crippen LogP contribution in [-0.2, 0) is 4.79 Å². The fourth-order valence-corrected chi connectivity index (χ4v) is 2.21. The number of ether oxygens (including phenoxy) is 1. The predicted octanol–water partition coefficient (Wildman–Crippen LogP) is 1.18. The number of piperazine rings is 1. The first kappa shape index (κ1) is 14.3. The molecule has 5 nitrogen and oxygen atoms in total. The van der Waals surface area contributed by atoms with E-state index in [1.165, 1.54) is 24.1 Å². The van der Waals surface area contributed by atoms with E-state index in [1.54, 1.807) is 13.8 Å². The zero-order valence-corrected chi connectivity index (χ0v) is 11.7. The van der Waals surface area contributed by atoms with Crippen LogP contribution in [0.15, 0.2) is 18.2 Å². The summed E-state index contributed by atoms with van der Waals surface area (Å²) in [6.45, 7) is 4.12. The van der Waals surface area contributed by atoms with Crippen LogP contribution in [0.4, 0.5) is 4.39 Å². The molecule has 20 heavy (non-hydrogen) atoms. The van der Waals surface area contributed by atoms with Gasteiger partial charge in [0.2, 0.25) is 5.91 Å². The van der Waals surface area contributed by atoms with E-state index in [1.807, 2.05) is 0 Å². The highest BCUT2D eigenvalue weighted by Crippen LogP contribution is 2.23. The number of nitrogens with one attached hydrogen (secondary N) is 1. The Bertz CT molecular complexity index is 557. The highest BCUT2D eigenvalue weighted by molar-refractivity contribution is 5.99. The van der Waals surface area contributed by atoms with Gasteiger partial charge in [0.15, 0.2) is 11.6 Å². The van der Waals surface area contributed by atoms with Gasteiger partial charge in [-0.3, -0.25) is 9.59 Å². The van der Waals surface area contributed by atoms with Gasteiger partial charge in [-0.15, -0.1) is 0 Å². The van der Waals surface area contributed by atoms with Crippen LogP contribution in [0.3, 0.4) is 0 Å². The fraction of sp³-hybridized carbons (Fsp3) is 0.429. The molecule has 0 bridgehead atoms. The second-order valence-electron chi connectivity index (χ2n) is 5.12. The van der Waals surface area contributed by atoms with Crippen molar-refractivity contribution in [2.24, 2.45) is 0 Å². The van der Waals surface area contributed by atoms with Gasteiger partial charge in [-0.1, -0.05) is 0 Å². The summed E-state index contributed by atoms with van der Waals surface area (Å²) < 4.78 is 18.5. The van der Waals surface area contributed by atoms with Crippen LogP contribution in [0, 0.1) is 5.82 Å². The SMILES string of the molecule is COc1ccc(C(=O)N2CCNC(=O)C2(C)C)cc1F. The molecule has 1 aliphatic heterocycles. The first-order valence-corrected chi connectivity index (χ1v) is 6.31. The Morgan fingerprint density at radius 2 is 2.15 bits per heavy atom. The van der Waals surface area contributed by atoms with Gasteiger partial charge in [0.25, 0.3) is 5.91 Å². The first-order chi connectivity index (χ1) is 9.37. The minimum Gasteiger partial charge on any atom is -0.494 e. The van der Waals surface area contributed by atoms with Gasteiger partial charge < -0.3 is 15.0 Å². The number of halogens is 1. The van der Waals surface area contributed by atoms with Crippen molar-refractivity contribution in [2.45, 2.75) is 19.4 Å². The highest BCUT2D eigenvalue weighted by Gasteiger charge is 2.40. The monoisotopic (exact) mass is 280 g/mol.